The Morgan fingerprint density at radius 3 is 2.69 bits per heavy atom. The molecule has 1 aliphatic rings. The molecule has 0 spiro atoms. The van der Waals surface area contributed by atoms with Gasteiger partial charge in [-0.1, -0.05) is 49.4 Å². The number of fused-ring (bicyclic) bond motifs is 1. The summed E-state index contributed by atoms with van der Waals surface area (Å²) >= 11 is 0. The van der Waals surface area contributed by atoms with Gasteiger partial charge < -0.3 is 10.3 Å². The molecule has 1 atom stereocenters. The Morgan fingerprint density at radius 1 is 1.27 bits per heavy atom. The van der Waals surface area contributed by atoms with E-state index in [0.717, 1.165) is 29.8 Å². The molecular formula is C24H30N2. The number of hydrogen-bond donors (Lipinski definition) is 1. The van der Waals surface area contributed by atoms with E-state index >= 15 is 0 Å². The van der Waals surface area contributed by atoms with Gasteiger partial charge in [0.15, 0.2) is 0 Å². The van der Waals surface area contributed by atoms with Crippen molar-refractivity contribution >= 4 is 17.8 Å². The molecule has 0 bridgehead atoms. The van der Waals surface area contributed by atoms with E-state index in [0.29, 0.717) is 5.92 Å². The third-order valence-corrected chi connectivity index (χ3v) is 5.59. The first-order valence-electron chi connectivity index (χ1n) is 9.39. The molecule has 1 unspecified atom stereocenters. The van der Waals surface area contributed by atoms with E-state index in [4.69, 9.17) is 5.73 Å². The van der Waals surface area contributed by atoms with Gasteiger partial charge >= 0.3 is 0 Å². The number of allylic oxidation sites excluding steroid dienone is 3. The Kier molecular flexibility index (Phi) is 4.95. The maximum absolute atomic E-state index is 6.30. The molecule has 2 N–H and O–H groups in total. The molecule has 1 aromatic carbocycles. The number of anilines is 1. The SMILES string of the molecule is C=C(C)/C=C\c1c(C)c2c(n1Cc1ccc(C)c(N)c1C)C(C)CC=C2. The van der Waals surface area contributed by atoms with Crippen LogP contribution in [0.15, 0.2) is 36.4 Å². The highest BCUT2D eigenvalue weighted by Gasteiger charge is 2.24. The van der Waals surface area contributed by atoms with Crippen LogP contribution in [0.1, 0.15) is 65.4 Å². The predicted octanol–water partition coefficient (Wildman–Crippen LogP) is 6.15. The van der Waals surface area contributed by atoms with Crippen LogP contribution >= 0.6 is 0 Å². The van der Waals surface area contributed by atoms with Crippen molar-refractivity contribution in [3.05, 3.63) is 75.6 Å². The van der Waals surface area contributed by atoms with Crippen LogP contribution in [0.25, 0.3) is 12.2 Å². The molecule has 0 fully saturated rings. The van der Waals surface area contributed by atoms with Crippen molar-refractivity contribution in [2.45, 2.75) is 53.5 Å². The van der Waals surface area contributed by atoms with E-state index in [1.165, 1.54) is 33.6 Å². The lowest BCUT2D eigenvalue weighted by Gasteiger charge is -2.21. The first kappa shape index (κ1) is 18.3. The number of aryl methyl sites for hydroxylation is 1. The summed E-state index contributed by atoms with van der Waals surface area (Å²) in [5, 5.41) is 0. The van der Waals surface area contributed by atoms with Gasteiger partial charge in [-0.2, -0.15) is 0 Å². The molecule has 0 amide bonds. The molecule has 3 rings (SSSR count). The molecule has 136 valence electrons. The number of benzene rings is 1. The molecule has 0 saturated carbocycles. The summed E-state index contributed by atoms with van der Waals surface area (Å²) < 4.78 is 2.48. The van der Waals surface area contributed by atoms with Crippen LogP contribution in [0.3, 0.4) is 0 Å². The molecular weight excluding hydrogens is 316 g/mol. The Morgan fingerprint density at radius 2 is 2.00 bits per heavy atom. The van der Waals surface area contributed by atoms with Crippen molar-refractivity contribution < 1.29 is 0 Å². The highest BCUT2D eigenvalue weighted by molar-refractivity contribution is 5.68. The summed E-state index contributed by atoms with van der Waals surface area (Å²) in [5.74, 6) is 0.517. The fourth-order valence-electron chi connectivity index (χ4n) is 3.91. The molecule has 0 radical (unpaired) electrons. The zero-order valence-corrected chi connectivity index (χ0v) is 16.7. The van der Waals surface area contributed by atoms with Gasteiger partial charge in [0, 0.05) is 29.5 Å². The van der Waals surface area contributed by atoms with E-state index in [1.54, 1.807) is 0 Å². The van der Waals surface area contributed by atoms with Crippen molar-refractivity contribution in [2.24, 2.45) is 0 Å². The smallest absolute Gasteiger partial charge is 0.0482 e. The van der Waals surface area contributed by atoms with Crippen LogP contribution in [0.5, 0.6) is 0 Å². The van der Waals surface area contributed by atoms with Gasteiger partial charge in [-0.15, -0.1) is 0 Å². The zero-order valence-electron chi connectivity index (χ0n) is 16.7. The Labute approximate surface area is 157 Å². The lowest BCUT2D eigenvalue weighted by atomic mass is 9.93. The summed E-state index contributed by atoms with van der Waals surface area (Å²) in [4.78, 5) is 0. The monoisotopic (exact) mass is 346 g/mol. The summed E-state index contributed by atoms with van der Waals surface area (Å²) in [6.45, 7) is 15.7. The second-order valence-electron chi connectivity index (χ2n) is 7.69. The average Bonchev–Trinajstić information content (AvgIpc) is 2.86. The first-order valence-corrected chi connectivity index (χ1v) is 9.39. The van der Waals surface area contributed by atoms with E-state index < -0.39 is 0 Å². The highest BCUT2D eigenvalue weighted by Crippen LogP contribution is 2.37. The van der Waals surface area contributed by atoms with Gasteiger partial charge in [0.05, 0.1) is 0 Å². The molecule has 2 nitrogen and oxygen atoms in total. The molecule has 2 heteroatoms. The molecule has 2 aromatic rings. The van der Waals surface area contributed by atoms with Crippen LogP contribution in [0, 0.1) is 20.8 Å². The third-order valence-electron chi connectivity index (χ3n) is 5.59. The number of nitrogens with zero attached hydrogens (tertiary/aromatic N) is 1. The summed E-state index contributed by atoms with van der Waals surface area (Å²) in [6, 6.07) is 4.35. The molecule has 0 saturated heterocycles. The third kappa shape index (κ3) is 3.16. The fraction of sp³-hybridized carbons (Fsp3) is 0.333. The van der Waals surface area contributed by atoms with Gasteiger partial charge in [-0.3, -0.25) is 0 Å². The Bertz CT molecular complexity index is 922. The fourth-order valence-corrected chi connectivity index (χ4v) is 3.91. The Balaban J connectivity index is 2.18. The number of nitrogen functional groups attached to an aromatic ring is 1. The second-order valence-corrected chi connectivity index (χ2v) is 7.69. The molecule has 0 aliphatic heterocycles. The van der Waals surface area contributed by atoms with Gasteiger partial charge in [0.2, 0.25) is 0 Å². The largest absolute Gasteiger partial charge is 0.398 e. The zero-order chi connectivity index (χ0) is 19.0. The minimum atomic E-state index is 0.517. The van der Waals surface area contributed by atoms with Crippen molar-refractivity contribution in [2.75, 3.05) is 5.73 Å². The first-order chi connectivity index (χ1) is 12.3. The van der Waals surface area contributed by atoms with E-state index in [9.17, 15) is 0 Å². The van der Waals surface area contributed by atoms with E-state index in [1.807, 2.05) is 6.92 Å². The summed E-state index contributed by atoms with van der Waals surface area (Å²) in [7, 11) is 0. The number of nitrogens with two attached hydrogens (primary N) is 1. The molecule has 1 aliphatic carbocycles. The lowest BCUT2D eigenvalue weighted by Crippen LogP contribution is -2.12. The summed E-state index contributed by atoms with van der Waals surface area (Å²) in [5.41, 5.74) is 17.3. The number of hydrogen-bond acceptors (Lipinski definition) is 1. The maximum atomic E-state index is 6.30. The molecule has 1 heterocycles. The summed E-state index contributed by atoms with van der Waals surface area (Å²) in [6.07, 6.45) is 9.99. The number of aromatic nitrogens is 1. The van der Waals surface area contributed by atoms with Crippen molar-refractivity contribution in [3.63, 3.8) is 0 Å². The predicted molar refractivity (Wildman–Crippen MR) is 115 cm³/mol. The van der Waals surface area contributed by atoms with Crippen LogP contribution in [0.2, 0.25) is 0 Å². The van der Waals surface area contributed by atoms with Crippen molar-refractivity contribution in [3.8, 4) is 0 Å². The van der Waals surface area contributed by atoms with Gasteiger partial charge in [-0.05, 0) is 68.0 Å². The van der Waals surface area contributed by atoms with Crippen molar-refractivity contribution in [1.82, 2.24) is 4.57 Å². The lowest BCUT2D eigenvalue weighted by molar-refractivity contribution is 0.651. The normalized spacial score (nSPS) is 16.3. The topological polar surface area (TPSA) is 30.9 Å². The molecule has 1 aromatic heterocycles. The van der Waals surface area contributed by atoms with Gasteiger partial charge in [0.1, 0.15) is 0 Å². The van der Waals surface area contributed by atoms with E-state index in [2.05, 4.69) is 75.3 Å². The van der Waals surface area contributed by atoms with Crippen LogP contribution in [0.4, 0.5) is 5.69 Å². The van der Waals surface area contributed by atoms with Gasteiger partial charge in [0.25, 0.3) is 0 Å². The average molecular weight is 347 g/mol. The van der Waals surface area contributed by atoms with Crippen LogP contribution in [-0.2, 0) is 6.54 Å². The quantitative estimate of drug-likeness (QED) is 0.522. The Hall–Kier alpha value is -2.48. The van der Waals surface area contributed by atoms with Crippen LogP contribution < -0.4 is 5.73 Å². The second kappa shape index (κ2) is 7.03. The minimum absolute atomic E-state index is 0.517. The minimum Gasteiger partial charge on any atom is -0.398 e. The van der Waals surface area contributed by atoms with E-state index in [-0.39, 0.29) is 0 Å². The number of rotatable bonds is 4. The maximum Gasteiger partial charge on any atom is 0.0482 e. The van der Waals surface area contributed by atoms with Crippen molar-refractivity contribution in [1.29, 1.82) is 0 Å². The highest BCUT2D eigenvalue weighted by atomic mass is 15.0. The molecule has 26 heavy (non-hydrogen) atoms. The van der Waals surface area contributed by atoms with Crippen LogP contribution in [-0.4, -0.2) is 4.57 Å². The standard InChI is InChI=1S/C24H30N2/c1-15(2)10-13-22-19(6)21-9-7-8-17(4)24(21)26(22)14-20-12-11-16(3)23(25)18(20)5/h7,9-13,17H,1,8,14,25H2,2-6H3/b13-10-. The van der Waals surface area contributed by atoms with Gasteiger partial charge in [-0.25, -0.2) is 0 Å².